The van der Waals surface area contributed by atoms with Crippen LogP contribution in [-0.4, -0.2) is 18.4 Å². The molecule has 0 aliphatic rings. The lowest BCUT2D eigenvalue weighted by molar-refractivity contribution is -0.131. The monoisotopic (exact) mass is 103 g/mol. The first kappa shape index (κ1) is 5.56. The van der Waals surface area contributed by atoms with E-state index in [1.54, 1.807) is 0 Å². The van der Waals surface area contributed by atoms with Crippen molar-refractivity contribution in [1.29, 1.82) is 0 Å². The molecule has 0 aliphatic heterocycles. The molecule has 0 aromatic heterocycles. The fourth-order valence-electron chi connectivity index (χ4n) is 0.0417. The number of methoxy groups -OCH3 is 1. The van der Waals surface area contributed by atoms with Crippen molar-refractivity contribution in [2.75, 3.05) is 7.11 Å². The Morgan fingerprint density at radius 2 is 2.50 bits per heavy atom. The third-order valence-electron chi connectivity index (χ3n) is 0.269. The van der Waals surface area contributed by atoms with Crippen molar-refractivity contribution in [2.24, 2.45) is 0 Å². The molecule has 0 rings (SSSR count). The largest absolute Gasteiger partial charge is 0.465 e. The molecule has 0 aromatic rings. The molecule has 2 nitrogen and oxygen atoms in total. The minimum atomic E-state index is -0.593. The van der Waals surface area contributed by atoms with Crippen LogP contribution in [0.2, 0.25) is 0 Å². The highest BCUT2D eigenvalue weighted by Crippen LogP contribution is 1.62. The highest BCUT2D eigenvalue weighted by molar-refractivity contribution is 7.80. The van der Waals surface area contributed by atoms with Gasteiger partial charge in [-0.3, -0.25) is 0 Å². The van der Waals surface area contributed by atoms with Gasteiger partial charge in [0.2, 0.25) is 0 Å². The molecule has 6 heavy (non-hydrogen) atoms. The van der Waals surface area contributed by atoms with Crippen molar-refractivity contribution in [1.82, 2.24) is 0 Å². The molecule has 1 radical (unpaired) electrons. The molecule has 0 saturated heterocycles. The molecule has 0 aromatic carbocycles. The van der Waals surface area contributed by atoms with Crippen molar-refractivity contribution in [3.8, 4) is 0 Å². The van der Waals surface area contributed by atoms with Gasteiger partial charge in [0.1, 0.15) is 5.37 Å². The standard InChI is InChI=1S/C3H3O2S/c1-5-3(4)2-6/h1H3. The number of hydrogen-bond acceptors (Lipinski definition) is 3. The molecule has 0 amide bonds. The van der Waals surface area contributed by atoms with Crippen LogP contribution in [0.3, 0.4) is 0 Å². The van der Waals surface area contributed by atoms with Crippen molar-refractivity contribution in [3.63, 3.8) is 0 Å². The Morgan fingerprint density at radius 1 is 2.00 bits per heavy atom. The number of esters is 1. The van der Waals surface area contributed by atoms with Crippen LogP contribution < -0.4 is 0 Å². The molecule has 0 bridgehead atoms. The van der Waals surface area contributed by atoms with Crippen LogP contribution in [0.5, 0.6) is 0 Å². The Balaban J connectivity index is 3.23. The van der Waals surface area contributed by atoms with Gasteiger partial charge in [0.15, 0.2) is 0 Å². The van der Waals surface area contributed by atoms with Gasteiger partial charge in [-0.25, -0.2) is 4.79 Å². The van der Waals surface area contributed by atoms with Crippen molar-refractivity contribution in [3.05, 3.63) is 0 Å². The maximum atomic E-state index is 9.74. The molecule has 0 heterocycles. The van der Waals surface area contributed by atoms with Gasteiger partial charge in [0, 0.05) is 0 Å². The maximum absolute atomic E-state index is 9.74. The highest BCUT2D eigenvalue weighted by Gasteiger charge is 1.85. The Bertz CT molecular complexity index is 69.2. The summed E-state index contributed by atoms with van der Waals surface area (Å²) in [5.74, 6) is -0.593. The molecular weight excluding hydrogens is 100 g/mol. The first-order valence-electron chi connectivity index (χ1n) is 1.27. The van der Waals surface area contributed by atoms with Gasteiger partial charge >= 0.3 is 5.97 Å². The van der Waals surface area contributed by atoms with Crippen LogP contribution in [0.25, 0.3) is 0 Å². The first-order valence-corrected chi connectivity index (χ1v) is 1.68. The third-order valence-corrected chi connectivity index (χ3v) is 0.435. The topological polar surface area (TPSA) is 26.3 Å². The predicted molar refractivity (Wildman–Crippen MR) is 24.6 cm³/mol. The number of thiocarbonyl (C=S) groups is 1. The van der Waals surface area contributed by atoms with Gasteiger partial charge in [-0.1, -0.05) is 12.2 Å². The summed E-state index contributed by atoms with van der Waals surface area (Å²) in [6, 6.07) is 0. The van der Waals surface area contributed by atoms with E-state index in [-0.39, 0.29) is 0 Å². The highest BCUT2D eigenvalue weighted by atomic mass is 32.1. The van der Waals surface area contributed by atoms with E-state index >= 15 is 0 Å². The van der Waals surface area contributed by atoms with E-state index in [9.17, 15) is 4.79 Å². The van der Waals surface area contributed by atoms with Gasteiger partial charge in [0.05, 0.1) is 7.11 Å². The maximum Gasteiger partial charge on any atom is 0.350 e. The number of carbonyl (C=O) groups is 1. The average molecular weight is 103 g/mol. The number of hydrogen-bond donors (Lipinski definition) is 0. The first-order chi connectivity index (χ1) is 2.81. The number of rotatable bonds is 1. The third kappa shape index (κ3) is 1.84. The molecule has 0 saturated carbocycles. The summed E-state index contributed by atoms with van der Waals surface area (Å²) >= 11 is 4.05. The van der Waals surface area contributed by atoms with E-state index in [1.807, 2.05) is 5.37 Å². The summed E-state index contributed by atoms with van der Waals surface area (Å²) in [6.07, 6.45) is 0. The Kier molecular flexibility index (Phi) is 2.58. The lowest BCUT2D eigenvalue weighted by Crippen LogP contribution is -1.97. The summed E-state index contributed by atoms with van der Waals surface area (Å²) < 4.78 is 4.05. The SMILES string of the molecule is COC(=O)[C]=S. The van der Waals surface area contributed by atoms with E-state index in [0.29, 0.717) is 0 Å². The minimum Gasteiger partial charge on any atom is -0.465 e. The van der Waals surface area contributed by atoms with Crippen LogP contribution in [0.1, 0.15) is 0 Å². The summed E-state index contributed by atoms with van der Waals surface area (Å²) in [5.41, 5.74) is 0. The lowest BCUT2D eigenvalue weighted by Gasteiger charge is -1.80. The Hall–Kier alpha value is -0.440. The smallest absolute Gasteiger partial charge is 0.350 e. The van der Waals surface area contributed by atoms with E-state index in [4.69, 9.17) is 0 Å². The molecule has 0 atom stereocenters. The second kappa shape index (κ2) is 2.78. The fourth-order valence-corrected chi connectivity index (χ4v) is 0.125. The second-order valence-corrected chi connectivity index (χ2v) is 0.798. The van der Waals surface area contributed by atoms with Crippen molar-refractivity contribution >= 4 is 23.6 Å². The second-order valence-electron chi connectivity index (χ2n) is 0.594. The fraction of sp³-hybridized carbons (Fsp3) is 0.333. The van der Waals surface area contributed by atoms with Crippen LogP contribution in [0.4, 0.5) is 0 Å². The van der Waals surface area contributed by atoms with E-state index in [0.717, 1.165) is 0 Å². The molecule has 0 N–H and O–H groups in total. The van der Waals surface area contributed by atoms with E-state index < -0.39 is 5.97 Å². The molecule has 33 valence electrons. The minimum absolute atomic E-state index is 0.593. The zero-order valence-corrected chi connectivity index (χ0v) is 4.04. The van der Waals surface area contributed by atoms with E-state index in [2.05, 4.69) is 17.0 Å². The Morgan fingerprint density at radius 3 is 2.50 bits per heavy atom. The van der Waals surface area contributed by atoms with Gasteiger partial charge in [0.25, 0.3) is 0 Å². The summed E-state index contributed by atoms with van der Waals surface area (Å²) in [4.78, 5) is 9.74. The average Bonchev–Trinajstić information content (AvgIpc) is 1.65. The van der Waals surface area contributed by atoms with Crippen molar-refractivity contribution < 1.29 is 9.53 Å². The number of carbonyl (C=O) groups excluding carboxylic acids is 1. The zero-order valence-electron chi connectivity index (χ0n) is 3.22. The van der Waals surface area contributed by atoms with Crippen LogP contribution in [0, 0.1) is 0 Å². The Labute approximate surface area is 41.1 Å². The number of ether oxygens (including phenoxy) is 1. The van der Waals surface area contributed by atoms with Gasteiger partial charge in [-0.15, -0.1) is 0 Å². The van der Waals surface area contributed by atoms with Gasteiger partial charge in [-0.05, 0) is 0 Å². The van der Waals surface area contributed by atoms with E-state index in [1.165, 1.54) is 7.11 Å². The molecule has 3 heteroatoms. The molecule has 0 fully saturated rings. The van der Waals surface area contributed by atoms with Gasteiger partial charge in [-0.2, -0.15) is 0 Å². The summed E-state index contributed by atoms with van der Waals surface area (Å²) in [6.45, 7) is 0. The van der Waals surface area contributed by atoms with Crippen molar-refractivity contribution in [2.45, 2.75) is 0 Å². The van der Waals surface area contributed by atoms with Gasteiger partial charge < -0.3 is 4.74 Å². The molecular formula is C3H3O2S. The van der Waals surface area contributed by atoms with Crippen LogP contribution in [0.15, 0.2) is 0 Å². The quantitative estimate of drug-likeness (QED) is 0.346. The molecule has 0 unspecified atom stereocenters. The summed E-state index contributed by atoms with van der Waals surface area (Å²) in [7, 11) is 1.25. The van der Waals surface area contributed by atoms with Crippen LogP contribution in [-0.2, 0) is 9.53 Å². The summed E-state index contributed by atoms with van der Waals surface area (Å²) in [5, 5.41) is 1.84. The zero-order chi connectivity index (χ0) is 4.99. The molecule has 0 aliphatic carbocycles. The molecule has 0 spiro atoms. The van der Waals surface area contributed by atoms with Crippen LogP contribution >= 0.6 is 12.2 Å². The lowest BCUT2D eigenvalue weighted by atomic mass is 10.8. The normalized spacial score (nSPS) is 6.83. The predicted octanol–water partition coefficient (Wildman–Crippen LogP) is 0.0361.